The van der Waals surface area contributed by atoms with Crippen molar-refractivity contribution in [3.8, 4) is 22.4 Å². The van der Waals surface area contributed by atoms with Crippen LogP contribution in [0.3, 0.4) is 0 Å². The van der Waals surface area contributed by atoms with E-state index in [1.54, 1.807) is 17.1 Å². The summed E-state index contributed by atoms with van der Waals surface area (Å²) < 4.78 is 1.69. The Morgan fingerprint density at radius 3 is 2.70 bits per heavy atom. The van der Waals surface area contributed by atoms with Gasteiger partial charge in [0.25, 0.3) is 0 Å². The Balaban J connectivity index is 2.26. The molecule has 0 aliphatic rings. The Bertz CT molecular complexity index is 702. The predicted molar refractivity (Wildman–Crippen MR) is 80.4 cm³/mol. The van der Waals surface area contributed by atoms with Gasteiger partial charge in [0.05, 0.1) is 5.69 Å². The first kappa shape index (κ1) is 12.4. The van der Waals surface area contributed by atoms with Crippen LogP contribution in [0.5, 0.6) is 0 Å². The first-order valence-corrected chi connectivity index (χ1v) is 6.62. The van der Waals surface area contributed by atoms with Crippen LogP contribution in [0.1, 0.15) is 12.6 Å². The lowest BCUT2D eigenvalue weighted by Crippen LogP contribution is -2.10. The monoisotopic (exact) mass is 264 g/mol. The van der Waals surface area contributed by atoms with Gasteiger partial charge >= 0.3 is 0 Å². The number of nitrogens with zero attached hydrogens (tertiary/aromatic N) is 3. The Morgan fingerprint density at radius 1 is 1.15 bits per heavy atom. The van der Waals surface area contributed by atoms with Gasteiger partial charge in [0.2, 0.25) is 0 Å². The van der Waals surface area contributed by atoms with Crippen molar-refractivity contribution >= 4 is 0 Å². The highest BCUT2D eigenvalue weighted by Gasteiger charge is 2.17. The fourth-order valence-electron chi connectivity index (χ4n) is 2.46. The normalized spacial score (nSPS) is 10.7. The summed E-state index contributed by atoms with van der Waals surface area (Å²) in [5.41, 5.74) is 5.21. The Kier molecular flexibility index (Phi) is 3.21. The van der Waals surface area contributed by atoms with E-state index in [4.69, 9.17) is 5.84 Å². The van der Waals surface area contributed by atoms with E-state index >= 15 is 0 Å². The van der Waals surface area contributed by atoms with E-state index in [1.165, 1.54) is 0 Å². The molecule has 0 unspecified atom stereocenters. The quantitative estimate of drug-likeness (QED) is 0.740. The second-order valence-corrected chi connectivity index (χ2v) is 4.58. The zero-order chi connectivity index (χ0) is 13.9. The van der Waals surface area contributed by atoms with Crippen LogP contribution in [0.15, 0.2) is 55.1 Å². The molecule has 3 aromatic heterocycles. The van der Waals surface area contributed by atoms with E-state index in [0.29, 0.717) is 0 Å². The van der Waals surface area contributed by atoms with Gasteiger partial charge in [-0.2, -0.15) is 0 Å². The summed E-state index contributed by atoms with van der Waals surface area (Å²) in [6.45, 7) is 2.10. The summed E-state index contributed by atoms with van der Waals surface area (Å²) in [5, 5.41) is 0. The smallest absolute Gasteiger partial charge is 0.0727 e. The molecular formula is C16H16N4. The molecule has 0 saturated heterocycles. The van der Waals surface area contributed by atoms with Crippen LogP contribution in [-0.4, -0.2) is 14.6 Å². The number of hydrogen-bond acceptors (Lipinski definition) is 3. The third-order valence-electron chi connectivity index (χ3n) is 3.37. The van der Waals surface area contributed by atoms with Gasteiger partial charge in [0.1, 0.15) is 0 Å². The van der Waals surface area contributed by atoms with Crippen LogP contribution >= 0.6 is 0 Å². The summed E-state index contributed by atoms with van der Waals surface area (Å²) in [7, 11) is 0. The van der Waals surface area contributed by atoms with Crippen molar-refractivity contribution in [3.63, 3.8) is 0 Å². The van der Waals surface area contributed by atoms with Gasteiger partial charge in [-0.05, 0) is 24.6 Å². The SMILES string of the molecule is CCc1c(-c2ccccn2)c(-c2cccnc2)cn1N. The number of aromatic nitrogens is 3. The molecule has 0 atom stereocenters. The first-order valence-electron chi connectivity index (χ1n) is 6.62. The fraction of sp³-hybridized carbons (Fsp3) is 0.125. The van der Waals surface area contributed by atoms with Gasteiger partial charge in [-0.3, -0.25) is 14.6 Å². The van der Waals surface area contributed by atoms with Crippen LogP contribution in [-0.2, 0) is 6.42 Å². The second kappa shape index (κ2) is 5.17. The first-order chi connectivity index (χ1) is 9.81. The van der Waals surface area contributed by atoms with Gasteiger partial charge in [0.15, 0.2) is 0 Å². The number of pyridine rings is 2. The van der Waals surface area contributed by atoms with Crippen molar-refractivity contribution in [3.05, 3.63) is 60.8 Å². The minimum atomic E-state index is 0.850. The maximum atomic E-state index is 6.10. The zero-order valence-electron chi connectivity index (χ0n) is 11.3. The molecule has 0 saturated carbocycles. The van der Waals surface area contributed by atoms with Gasteiger partial charge in [0, 0.05) is 47.2 Å². The molecule has 4 nitrogen and oxygen atoms in total. The van der Waals surface area contributed by atoms with Crippen LogP contribution in [0.25, 0.3) is 22.4 Å². The highest BCUT2D eigenvalue weighted by molar-refractivity contribution is 5.83. The summed E-state index contributed by atoms with van der Waals surface area (Å²) in [4.78, 5) is 8.66. The minimum Gasteiger partial charge on any atom is -0.339 e. The maximum Gasteiger partial charge on any atom is 0.0727 e. The summed E-state index contributed by atoms with van der Waals surface area (Å²) in [6, 6.07) is 9.88. The Labute approximate surface area is 117 Å². The van der Waals surface area contributed by atoms with Crippen LogP contribution in [0.4, 0.5) is 0 Å². The van der Waals surface area contributed by atoms with Crippen molar-refractivity contribution in [2.75, 3.05) is 5.84 Å². The molecule has 0 bridgehead atoms. The molecule has 100 valence electrons. The van der Waals surface area contributed by atoms with E-state index in [-0.39, 0.29) is 0 Å². The molecule has 0 spiro atoms. The molecule has 3 aromatic rings. The minimum absolute atomic E-state index is 0.850. The molecule has 4 heteroatoms. The Hall–Kier alpha value is -2.62. The van der Waals surface area contributed by atoms with Crippen molar-refractivity contribution < 1.29 is 0 Å². The van der Waals surface area contributed by atoms with Crippen molar-refractivity contribution in [2.45, 2.75) is 13.3 Å². The van der Waals surface area contributed by atoms with E-state index in [9.17, 15) is 0 Å². The second-order valence-electron chi connectivity index (χ2n) is 4.58. The summed E-state index contributed by atoms with van der Waals surface area (Å²) in [5.74, 6) is 6.10. The number of nitrogen functional groups attached to an aromatic ring is 1. The number of hydrogen-bond donors (Lipinski definition) is 1. The van der Waals surface area contributed by atoms with Crippen molar-refractivity contribution in [1.29, 1.82) is 0 Å². The van der Waals surface area contributed by atoms with Gasteiger partial charge in [-0.25, -0.2) is 0 Å². The molecular weight excluding hydrogens is 248 g/mol. The summed E-state index contributed by atoms with van der Waals surface area (Å²) >= 11 is 0. The van der Waals surface area contributed by atoms with Gasteiger partial charge < -0.3 is 5.84 Å². The standard InChI is InChI=1S/C16H16N4/c1-2-15-16(14-7-3-4-9-19-14)13(11-20(15)17)12-6-5-8-18-10-12/h3-11H,2,17H2,1H3. The van der Waals surface area contributed by atoms with Crippen LogP contribution < -0.4 is 5.84 Å². The van der Waals surface area contributed by atoms with E-state index < -0.39 is 0 Å². The third-order valence-corrected chi connectivity index (χ3v) is 3.37. The molecule has 0 aromatic carbocycles. The number of rotatable bonds is 3. The molecule has 0 aliphatic carbocycles. The predicted octanol–water partition coefficient (Wildman–Crippen LogP) is 2.89. The molecule has 20 heavy (non-hydrogen) atoms. The fourth-order valence-corrected chi connectivity index (χ4v) is 2.46. The topological polar surface area (TPSA) is 56.7 Å². The van der Waals surface area contributed by atoms with E-state index in [0.717, 1.165) is 34.5 Å². The molecule has 0 amide bonds. The maximum absolute atomic E-state index is 6.10. The highest BCUT2D eigenvalue weighted by atomic mass is 15.3. The molecule has 0 fully saturated rings. The van der Waals surface area contributed by atoms with E-state index in [2.05, 4.69) is 16.9 Å². The molecule has 0 radical (unpaired) electrons. The Morgan fingerprint density at radius 2 is 2.05 bits per heavy atom. The lowest BCUT2D eigenvalue weighted by atomic mass is 10.0. The van der Waals surface area contributed by atoms with Gasteiger partial charge in [-0.1, -0.05) is 19.1 Å². The average Bonchev–Trinajstić information content (AvgIpc) is 2.85. The largest absolute Gasteiger partial charge is 0.339 e. The summed E-state index contributed by atoms with van der Waals surface area (Å²) in [6.07, 6.45) is 8.21. The third kappa shape index (κ3) is 2.05. The lowest BCUT2D eigenvalue weighted by molar-refractivity contribution is 0.899. The number of nitrogens with two attached hydrogens (primary N) is 1. The molecule has 3 rings (SSSR count). The zero-order valence-corrected chi connectivity index (χ0v) is 11.3. The molecule has 3 heterocycles. The van der Waals surface area contributed by atoms with E-state index in [1.807, 2.05) is 42.7 Å². The molecule has 2 N–H and O–H groups in total. The molecule has 0 aliphatic heterocycles. The van der Waals surface area contributed by atoms with Gasteiger partial charge in [-0.15, -0.1) is 0 Å². The van der Waals surface area contributed by atoms with Crippen molar-refractivity contribution in [2.24, 2.45) is 0 Å². The van der Waals surface area contributed by atoms with Crippen molar-refractivity contribution in [1.82, 2.24) is 14.6 Å². The van der Waals surface area contributed by atoms with Crippen LogP contribution in [0, 0.1) is 0 Å². The lowest BCUT2D eigenvalue weighted by Gasteiger charge is -2.06. The highest BCUT2D eigenvalue weighted by Crippen LogP contribution is 2.34. The van der Waals surface area contributed by atoms with Crippen LogP contribution in [0.2, 0.25) is 0 Å². The average molecular weight is 264 g/mol.